The standard InChI is InChI=1S/C18H24ClNO4/c1-2-18(17(22)23,13-6-8-14(19)9-7-13)20-16(21)11-10-15-5-3-4-12-24-15/h6-9,15H,2-5,10-12H2,1H3,(H,20,21)(H,22,23). The van der Waals surface area contributed by atoms with Crippen molar-refractivity contribution in [3.63, 3.8) is 0 Å². The van der Waals surface area contributed by atoms with Crippen molar-refractivity contribution in [1.29, 1.82) is 0 Å². The molecule has 0 radical (unpaired) electrons. The van der Waals surface area contributed by atoms with Crippen LogP contribution in [0.5, 0.6) is 0 Å². The predicted octanol–water partition coefficient (Wildman–Crippen LogP) is 3.50. The summed E-state index contributed by atoms with van der Waals surface area (Å²) in [6, 6.07) is 6.55. The van der Waals surface area contributed by atoms with Crippen LogP contribution in [0.1, 0.15) is 51.0 Å². The Morgan fingerprint density at radius 3 is 2.58 bits per heavy atom. The molecule has 6 heteroatoms. The Hall–Kier alpha value is -1.59. The van der Waals surface area contributed by atoms with Crippen LogP contribution in [-0.4, -0.2) is 29.7 Å². The zero-order chi connectivity index (χ0) is 17.6. The summed E-state index contributed by atoms with van der Waals surface area (Å²) >= 11 is 5.88. The van der Waals surface area contributed by atoms with E-state index in [2.05, 4.69) is 5.32 Å². The molecule has 0 spiro atoms. The van der Waals surface area contributed by atoms with E-state index in [0.717, 1.165) is 25.9 Å². The molecule has 2 N–H and O–H groups in total. The van der Waals surface area contributed by atoms with Crippen molar-refractivity contribution in [2.24, 2.45) is 0 Å². The average molecular weight is 354 g/mol. The normalized spacial score (nSPS) is 20.2. The van der Waals surface area contributed by atoms with Gasteiger partial charge in [-0.1, -0.05) is 30.7 Å². The van der Waals surface area contributed by atoms with Gasteiger partial charge in [-0.15, -0.1) is 0 Å². The molecule has 1 aromatic carbocycles. The number of carboxylic acids is 1. The van der Waals surface area contributed by atoms with E-state index >= 15 is 0 Å². The van der Waals surface area contributed by atoms with E-state index in [1.165, 1.54) is 0 Å². The largest absolute Gasteiger partial charge is 0.479 e. The van der Waals surface area contributed by atoms with Gasteiger partial charge in [-0.05, 0) is 49.8 Å². The summed E-state index contributed by atoms with van der Waals surface area (Å²) in [5, 5.41) is 13.0. The minimum atomic E-state index is -1.44. The first-order valence-electron chi connectivity index (χ1n) is 8.40. The predicted molar refractivity (Wildman–Crippen MR) is 92.0 cm³/mol. The number of amides is 1. The molecule has 2 rings (SSSR count). The molecule has 0 aliphatic carbocycles. The molecule has 1 heterocycles. The van der Waals surface area contributed by atoms with Crippen molar-refractivity contribution in [2.75, 3.05) is 6.61 Å². The topological polar surface area (TPSA) is 75.6 Å². The van der Waals surface area contributed by atoms with Gasteiger partial charge in [0.1, 0.15) is 0 Å². The third-order valence-corrected chi connectivity index (χ3v) is 4.80. The highest BCUT2D eigenvalue weighted by Crippen LogP contribution is 2.27. The molecule has 0 bridgehead atoms. The number of rotatable bonds is 7. The molecule has 0 saturated carbocycles. The van der Waals surface area contributed by atoms with Gasteiger partial charge in [0.25, 0.3) is 0 Å². The lowest BCUT2D eigenvalue weighted by Gasteiger charge is -2.30. The Morgan fingerprint density at radius 2 is 2.04 bits per heavy atom. The lowest BCUT2D eigenvalue weighted by molar-refractivity contribution is -0.148. The number of hydrogen-bond donors (Lipinski definition) is 2. The van der Waals surface area contributed by atoms with E-state index in [4.69, 9.17) is 16.3 Å². The minimum absolute atomic E-state index is 0.0980. The molecule has 2 unspecified atom stereocenters. The number of ether oxygens (including phenoxy) is 1. The summed E-state index contributed by atoms with van der Waals surface area (Å²) < 4.78 is 5.62. The Balaban J connectivity index is 2.06. The van der Waals surface area contributed by atoms with Crippen molar-refractivity contribution in [2.45, 2.75) is 57.1 Å². The van der Waals surface area contributed by atoms with Crippen LogP contribution in [-0.2, 0) is 19.9 Å². The molecule has 1 amide bonds. The number of carbonyl (C=O) groups is 2. The van der Waals surface area contributed by atoms with Gasteiger partial charge in [-0.3, -0.25) is 4.79 Å². The fraction of sp³-hybridized carbons (Fsp3) is 0.556. The number of aliphatic carboxylic acids is 1. The molecule has 1 fully saturated rings. The maximum atomic E-state index is 12.3. The van der Waals surface area contributed by atoms with Crippen LogP contribution in [0, 0.1) is 0 Å². The van der Waals surface area contributed by atoms with Gasteiger partial charge in [-0.2, -0.15) is 0 Å². The van der Waals surface area contributed by atoms with Crippen LogP contribution in [0.4, 0.5) is 0 Å². The number of hydrogen-bond acceptors (Lipinski definition) is 3. The number of nitrogens with one attached hydrogen (secondary N) is 1. The maximum absolute atomic E-state index is 12.3. The second-order valence-corrected chi connectivity index (χ2v) is 6.58. The minimum Gasteiger partial charge on any atom is -0.479 e. The lowest BCUT2D eigenvalue weighted by Crippen LogP contribution is -2.51. The van der Waals surface area contributed by atoms with Crippen LogP contribution in [0.3, 0.4) is 0 Å². The number of carboxylic acid groups (broad SMARTS) is 1. The zero-order valence-electron chi connectivity index (χ0n) is 13.9. The van der Waals surface area contributed by atoms with E-state index in [0.29, 0.717) is 17.0 Å². The van der Waals surface area contributed by atoms with Crippen LogP contribution < -0.4 is 5.32 Å². The lowest BCUT2D eigenvalue weighted by atomic mass is 9.87. The van der Waals surface area contributed by atoms with Crippen molar-refractivity contribution < 1.29 is 19.4 Å². The highest BCUT2D eigenvalue weighted by atomic mass is 35.5. The van der Waals surface area contributed by atoms with Gasteiger partial charge in [0.2, 0.25) is 5.91 Å². The summed E-state index contributed by atoms with van der Waals surface area (Å²) in [7, 11) is 0. The molecule has 0 aromatic heterocycles. The quantitative estimate of drug-likeness (QED) is 0.786. The second kappa shape index (κ2) is 8.49. The van der Waals surface area contributed by atoms with Crippen molar-refractivity contribution in [3.05, 3.63) is 34.9 Å². The molecule has 24 heavy (non-hydrogen) atoms. The van der Waals surface area contributed by atoms with Crippen molar-refractivity contribution >= 4 is 23.5 Å². The van der Waals surface area contributed by atoms with Gasteiger partial charge >= 0.3 is 5.97 Å². The Morgan fingerprint density at radius 1 is 1.33 bits per heavy atom. The van der Waals surface area contributed by atoms with E-state index in [-0.39, 0.29) is 24.9 Å². The smallest absolute Gasteiger partial charge is 0.334 e. The van der Waals surface area contributed by atoms with Gasteiger partial charge in [0.05, 0.1) is 6.10 Å². The van der Waals surface area contributed by atoms with Crippen molar-refractivity contribution in [1.82, 2.24) is 5.32 Å². The fourth-order valence-corrected chi connectivity index (χ4v) is 3.18. The molecular weight excluding hydrogens is 330 g/mol. The van der Waals surface area contributed by atoms with Crippen LogP contribution >= 0.6 is 11.6 Å². The number of benzene rings is 1. The summed E-state index contributed by atoms with van der Waals surface area (Å²) in [6.07, 6.45) is 4.36. The average Bonchev–Trinajstić information content (AvgIpc) is 2.59. The SMILES string of the molecule is CCC(NC(=O)CCC1CCCCO1)(C(=O)O)c1ccc(Cl)cc1. The summed E-state index contributed by atoms with van der Waals surface area (Å²) in [5.41, 5.74) is -0.918. The molecule has 5 nitrogen and oxygen atoms in total. The van der Waals surface area contributed by atoms with Crippen LogP contribution in [0.25, 0.3) is 0 Å². The van der Waals surface area contributed by atoms with Crippen LogP contribution in [0.2, 0.25) is 5.02 Å². The van der Waals surface area contributed by atoms with Gasteiger partial charge < -0.3 is 15.2 Å². The Bertz CT molecular complexity index is 569. The second-order valence-electron chi connectivity index (χ2n) is 6.15. The first-order valence-corrected chi connectivity index (χ1v) is 8.78. The van der Waals surface area contributed by atoms with Gasteiger partial charge in [0.15, 0.2) is 5.54 Å². The molecule has 1 saturated heterocycles. The molecule has 1 aromatic rings. The molecule has 2 atom stereocenters. The molecule has 1 aliphatic heterocycles. The third kappa shape index (κ3) is 4.48. The van der Waals surface area contributed by atoms with E-state index in [9.17, 15) is 14.7 Å². The van der Waals surface area contributed by atoms with E-state index < -0.39 is 11.5 Å². The van der Waals surface area contributed by atoms with Crippen LogP contribution in [0.15, 0.2) is 24.3 Å². The van der Waals surface area contributed by atoms with Crippen molar-refractivity contribution in [3.8, 4) is 0 Å². The molecule has 132 valence electrons. The third-order valence-electron chi connectivity index (χ3n) is 4.55. The van der Waals surface area contributed by atoms with Gasteiger partial charge in [0, 0.05) is 18.1 Å². The molecule has 1 aliphatic rings. The van der Waals surface area contributed by atoms with E-state index in [1.807, 2.05) is 0 Å². The highest BCUT2D eigenvalue weighted by Gasteiger charge is 2.40. The summed E-state index contributed by atoms with van der Waals surface area (Å²) in [6.45, 7) is 2.48. The fourth-order valence-electron chi connectivity index (χ4n) is 3.05. The number of carbonyl (C=O) groups excluding carboxylic acids is 1. The summed E-state index contributed by atoms with van der Waals surface area (Å²) in [5.74, 6) is -1.35. The first-order chi connectivity index (χ1) is 11.5. The number of halogens is 1. The highest BCUT2D eigenvalue weighted by molar-refractivity contribution is 6.30. The Kier molecular flexibility index (Phi) is 6.63. The monoisotopic (exact) mass is 353 g/mol. The summed E-state index contributed by atoms with van der Waals surface area (Å²) in [4.78, 5) is 24.3. The maximum Gasteiger partial charge on any atom is 0.334 e. The molecular formula is C18H24ClNO4. The Labute approximate surface area is 147 Å². The van der Waals surface area contributed by atoms with E-state index in [1.54, 1.807) is 31.2 Å². The van der Waals surface area contributed by atoms with Gasteiger partial charge in [-0.25, -0.2) is 4.79 Å². The first kappa shape index (κ1) is 18.7. The zero-order valence-corrected chi connectivity index (χ0v) is 14.6.